The number of carbonyl (C=O) groups is 3. The van der Waals surface area contributed by atoms with Crippen molar-refractivity contribution in [3.63, 3.8) is 0 Å². The molecule has 6 nitrogen and oxygen atoms in total. The molecule has 1 aromatic rings. The van der Waals surface area contributed by atoms with Gasteiger partial charge in [-0.15, -0.1) is 0 Å². The van der Waals surface area contributed by atoms with Gasteiger partial charge in [0.15, 0.2) is 0 Å². The second kappa shape index (κ2) is 13.0. The number of thioether (sulfide) groups is 1. The van der Waals surface area contributed by atoms with E-state index in [1.54, 1.807) is 0 Å². The van der Waals surface area contributed by atoms with Crippen LogP contribution in [0.2, 0.25) is 0 Å². The molecule has 1 atom stereocenters. The molecule has 0 saturated carbocycles. The summed E-state index contributed by atoms with van der Waals surface area (Å²) < 4.78 is 36.8. The molecule has 1 aliphatic rings. The number of ketones is 1. The first kappa shape index (κ1) is 26.3. The fraction of sp³-hybridized carbons (Fsp3) is 0.591. The monoisotopic (exact) mass is 473 g/mol. The van der Waals surface area contributed by atoms with Crippen molar-refractivity contribution in [1.29, 1.82) is 0 Å². The van der Waals surface area contributed by atoms with Crippen LogP contribution >= 0.6 is 11.8 Å². The highest BCUT2D eigenvalue weighted by atomic mass is 32.2. The SMILES string of the molecule is CC(=O)NC(=O)[C@H](CCCSCC(=O)C(F)(F)F)NC1CCN(Cc2ccccc2)CC1. The van der Waals surface area contributed by atoms with E-state index in [0.717, 1.165) is 44.2 Å². The summed E-state index contributed by atoms with van der Waals surface area (Å²) in [5, 5.41) is 5.61. The minimum atomic E-state index is -4.81. The Morgan fingerprint density at radius 1 is 1.16 bits per heavy atom. The van der Waals surface area contributed by atoms with E-state index in [0.29, 0.717) is 18.6 Å². The number of likely N-dealkylation sites (tertiary alicyclic amines) is 1. The van der Waals surface area contributed by atoms with Gasteiger partial charge in [0.1, 0.15) is 0 Å². The molecule has 178 valence electrons. The number of amides is 2. The zero-order valence-corrected chi connectivity index (χ0v) is 18.9. The Labute approximate surface area is 190 Å². The molecular weight excluding hydrogens is 443 g/mol. The lowest BCUT2D eigenvalue weighted by Gasteiger charge is -2.34. The Kier molecular flexibility index (Phi) is 10.7. The standard InChI is InChI=1S/C22H30F3N3O3S/c1-16(29)26-21(31)19(8-5-13-32-15-20(30)22(23,24)25)27-18-9-11-28(12-10-18)14-17-6-3-2-4-7-17/h2-4,6-7,18-19,27H,5,8-15H2,1H3,(H,26,29,31)/t19-/m0/s1. The van der Waals surface area contributed by atoms with E-state index in [-0.39, 0.29) is 6.04 Å². The molecular formula is C22H30F3N3O3S. The van der Waals surface area contributed by atoms with Crippen LogP contribution < -0.4 is 10.6 Å². The number of hydrogen-bond donors (Lipinski definition) is 2. The van der Waals surface area contributed by atoms with E-state index in [2.05, 4.69) is 27.7 Å². The van der Waals surface area contributed by atoms with Gasteiger partial charge >= 0.3 is 6.18 Å². The second-order valence-corrected chi connectivity index (χ2v) is 9.02. The minimum absolute atomic E-state index is 0.115. The summed E-state index contributed by atoms with van der Waals surface area (Å²) in [5.41, 5.74) is 1.25. The maximum absolute atomic E-state index is 12.4. The van der Waals surface area contributed by atoms with Crippen LogP contribution in [0.25, 0.3) is 0 Å². The number of rotatable bonds is 11. The fourth-order valence-corrected chi connectivity index (χ4v) is 4.44. The van der Waals surface area contributed by atoms with E-state index < -0.39 is 35.6 Å². The summed E-state index contributed by atoms with van der Waals surface area (Å²) in [6.45, 7) is 3.89. The second-order valence-electron chi connectivity index (χ2n) is 7.92. The molecule has 2 rings (SSSR count). The number of nitrogens with zero attached hydrogens (tertiary/aromatic N) is 1. The Balaban J connectivity index is 1.78. The molecule has 0 aromatic heterocycles. The molecule has 1 heterocycles. The fourth-order valence-electron chi connectivity index (χ4n) is 3.57. The van der Waals surface area contributed by atoms with Gasteiger partial charge in [0.05, 0.1) is 11.8 Å². The van der Waals surface area contributed by atoms with Gasteiger partial charge in [0, 0.05) is 19.5 Å². The Bertz CT molecular complexity index is 754. The van der Waals surface area contributed by atoms with Gasteiger partial charge in [-0.3, -0.25) is 24.6 Å². The van der Waals surface area contributed by atoms with Crippen LogP contribution in [-0.2, 0) is 20.9 Å². The third-order valence-electron chi connectivity index (χ3n) is 5.22. The van der Waals surface area contributed by atoms with Crippen LogP contribution in [0.1, 0.15) is 38.2 Å². The van der Waals surface area contributed by atoms with Crippen molar-refractivity contribution in [3.8, 4) is 0 Å². The van der Waals surface area contributed by atoms with Crippen LogP contribution in [0.3, 0.4) is 0 Å². The molecule has 1 aliphatic heterocycles. The zero-order valence-electron chi connectivity index (χ0n) is 18.1. The Morgan fingerprint density at radius 2 is 1.81 bits per heavy atom. The summed E-state index contributed by atoms with van der Waals surface area (Å²) in [6, 6.07) is 9.70. The van der Waals surface area contributed by atoms with E-state index in [9.17, 15) is 27.6 Å². The average Bonchev–Trinajstić information content (AvgIpc) is 2.73. The third kappa shape index (κ3) is 9.70. The number of halogens is 3. The van der Waals surface area contributed by atoms with Crippen LogP contribution in [0.4, 0.5) is 13.2 Å². The van der Waals surface area contributed by atoms with Gasteiger partial charge in [-0.25, -0.2) is 0 Å². The molecule has 0 radical (unpaired) electrons. The highest BCUT2D eigenvalue weighted by molar-refractivity contribution is 7.99. The summed E-state index contributed by atoms with van der Waals surface area (Å²) in [5.74, 6) is -2.94. The van der Waals surface area contributed by atoms with E-state index in [1.807, 2.05) is 18.2 Å². The highest BCUT2D eigenvalue weighted by Gasteiger charge is 2.37. The normalized spacial score (nSPS) is 16.5. The predicted octanol–water partition coefficient (Wildman–Crippen LogP) is 2.92. The molecule has 2 amide bonds. The summed E-state index contributed by atoms with van der Waals surface area (Å²) in [6.07, 6.45) is -2.28. The molecule has 10 heteroatoms. The van der Waals surface area contributed by atoms with Crippen molar-refractivity contribution in [2.75, 3.05) is 24.6 Å². The largest absolute Gasteiger partial charge is 0.450 e. The first-order chi connectivity index (χ1) is 15.1. The van der Waals surface area contributed by atoms with Crippen molar-refractivity contribution in [2.24, 2.45) is 0 Å². The third-order valence-corrected chi connectivity index (χ3v) is 6.26. The smallest absolute Gasteiger partial charge is 0.303 e. The van der Waals surface area contributed by atoms with Crippen LogP contribution in [0, 0.1) is 0 Å². The number of carbonyl (C=O) groups excluding carboxylic acids is 3. The molecule has 1 fully saturated rings. The number of benzene rings is 1. The van der Waals surface area contributed by atoms with Gasteiger partial charge in [0.2, 0.25) is 17.6 Å². The molecule has 2 N–H and O–H groups in total. The molecule has 1 saturated heterocycles. The van der Waals surface area contributed by atoms with Crippen molar-refractivity contribution in [2.45, 2.75) is 57.4 Å². The van der Waals surface area contributed by atoms with Gasteiger partial charge in [-0.05, 0) is 50.1 Å². The summed E-state index contributed by atoms with van der Waals surface area (Å²) in [4.78, 5) is 37.0. The Morgan fingerprint density at radius 3 is 2.41 bits per heavy atom. The minimum Gasteiger partial charge on any atom is -0.303 e. The molecule has 0 bridgehead atoms. The van der Waals surface area contributed by atoms with Crippen molar-refractivity contribution in [3.05, 3.63) is 35.9 Å². The maximum Gasteiger partial charge on any atom is 0.450 e. The number of alkyl halides is 3. The zero-order chi connectivity index (χ0) is 23.6. The molecule has 0 unspecified atom stereocenters. The highest BCUT2D eigenvalue weighted by Crippen LogP contribution is 2.20. The molecule has 0 spiro atoms. The number of hydrogen-bond acceptors (Lipinski definition) is 6. The van der Waals surface area contributed by atoms with Crippen LogP contribution in [0.5, 0.6) is 0 Å². The van der Waals surface area contributed by atoms with E-state index >= 15 is 0 Å². The van der Waals surface area contributed by atoms with Gasteiger partial charge in [0.25, 0.3) is 0 Å². The Hall–Kier alpha value is -1.91. The molecule has 32 heavy (non-hydrogen) atoms. The van der Waals surface area contributed by atoms with Crippen molar-refractivity contribution >= 4 is 29.4 Å². The van der Waals surface area contributed by atoms with Gasteiger partial charge < -0.3 is 5.32 Å². The van der Waals surface area contributed by atoms with Gasteiger partial charge in [-0.2, -0.15) is 24.9 Å². The lowest BCUT2D eigenvalue weighted by atomic mass is 10.0. The van der Waals surface area contributed by atoms with Gasteiger partial charge in [-0.1, -0.05) is 30.3 Å². The van der Waals surface area contributed by atoms with E-state index in [1.165, 1.54) is 12.5 Å². The number of piperidine rings is 1. The average molecular weight is 474 g/mol. The first-order valence-corrected chi connectivity index (χ1v) is 11.8. The first-order valence-electron chi connectivity index (χ1n) is 10.7. The lowest BCUT2D eigenvalue weighted by molar-refractivity contribution is -0.167. The maximum atomic E-state index is 12.4. The molecule has 1 aromatic carbocycles. The lowest BCUT2D eigenvalue weighted by Crippen LogP contribution is -2.52. The number of nitrogens with one attached hydrogen (secondary N) is 2. The van der Waals surface area contributed by atoms with Crippen LogP contribution in [0.15, 0.2) is 30.3 Å². The van der Waals surface area contributed by atoms with Crippen molar-refractivity contribution in [1.82, 2.24) is 15.5 Å². The molecule has 0 aliphatic carbocycles. The van der Waals surface area contributed by atoms with E-state index in [4.69, 9.17) is 0 Å². The summed E-state index contributed by atoms with van der Waals surface area (Å²) in [7, 11) is 0. The predicted molar refractivity (Wildman–Crippen MR) is 118 cm³/mol. The topological polar surface area (TPSA) is 78.5 Å². The number of Topliss-reactive ketones (excluding diaryl/α,β-unsaturated/α-hetero) is 1. The van der Waals surface area contributed by atoms with Crippen LogP contribution in [-0.4, -0.2) is 65.4 Å². The van der Waals surface area contributed by atoms with Crippen molar-refractivity contribution < 1.29 is 27.6 Å². The quantitative estimate of drug-likeness (QED) is 0.482. The summed E-state index contributed by atoms with van der Waals surface area (Å²) >= 11 is 0.900. The number of imide groups is 1.